The zero-order chi connectivity index (χ0) is 14.1. The molecule has 0 amide bonds. The normalized spacial score (nSPS) is 14.2. The molecule has 1 unspecified atom stereocenters. The number of hydrogen-bond donors (Lipinski definition) is 1. The van der Waals surface area contributed by atoms with Crippen LogP contribution in [0.5, 0.6) is 11.5 Å². The number of halogens is 1. The molecule has 0 aliphatic carbocycles. The van der Waals surface area contributed by atoms with Gasteiger partial charge < -0.3 is 14.8 Å². The van der Waals surface area contributed by atoms with E-state index in [4.69, 9.17) is 9.47 Å². The van der Waals surface area contributed by atoms with Crippen molar-refractivity contribution in [3.63, 3.8) is 0 Å². The van der Waals surface area contributed by atoms with Gasteiger partial charge in [-0.05, 0) is 59.1 Å². The van der Waals surface area contributed by atoms with Gasteiger partial charge in [0.15, 0.2) is 11.5 Å². The quantitative estimate of drug-likeness (QED) is 0.860. The second kappa shape index (κ2) is 5.32. The molecule has 0 bridgehead atoms. The molecule has 0 spiro atoms. The molecule has 4 nitrogen and oxygen atoms in total. The molecule has 2 aromatic rings. The van der Waals surface area contributed by atoms with Gasteiger partial charge in [-0.3, -0.25) is 0 Å². The summed E-state index contributed by atoms with van der Waals surface area (Å²) in [7, 11) is 0. The van der Waals surface area contributed by atoms with Crippen LogP contribution in [-0.2, 0) is 0 Å². The number of hydrogen-bond acceptors (Lipinski definition) is 4. The summed E-state index contributed by atoms with van der Waals surface area (Å²) in [6.07, 6.45) is 1.82. The number of benzene rings is 1. The lowest BCUT2D eigenvalue weighted by atomic mass is 10.1. The molecule has 0 saturated carbocycles. The summed E-state index contributed by atoms with van der Waals surface area (Å²) in [4.78, 5) is 4.29. The van der Waals surface area contributed by atoms with E-state index in [0.29, 0.717) is 6.79 Å². The lowest BCUT2D eigenvalue weighted by Gasteiger charge is -2.16. The Hall–Kier alpha value is -1.75. The molecule has 1 N–H and O–H groups in total. The second-order valence-corrected chi connectivity index (χ2v) is 5.56. The summed E-state index contributed by atoms with van der Waals surface area (Å²) in [5, 5.41) is 3.44. The van der Waals surface area contributed by atoms with Gasteiger partial charge >= 0.3 is 0 Å². The highest BCUT2D eigenvalue weighted by atomic mass is 79.9. The summed E-state index contributed by atoms with van der Waals surface area (Å²) in [5.74, 6) is 1.61. The monoisotopic (exact) mass is 334 g/mol. The van der Waals surface area contributed by atoms with Gasteiger partial charge in [0.1, 0.15) is 4.60 Å². The van der Waals surface area contributed by atoms with Gasteiger partial charge in [-0.15, -0.1) is 0 Å². The molecule has 2 heterocycles. The van der Waals surface area contributed by atoms with E-state index in [1.54, 1.807) is 0 Å². The number of anilines is 1. The molecule has 0 saturated heterocycles. The Morgan fingerprint density at radius 2 is 2.05 bits per heavy atom. The van der Waals surface area contributed by atoms with Crippen LogP contribution in [0.4, 0.5) is 5.69 Å². The fraction of sp³-hybridized carbons (Fsp3) is 0.267. The predicted molar refractivity (Wildman–Crippen MR) is 81.3 cm³/mol. The molecule has 1 aliphatic rings. The Bertz CT molecular complexity index is 646. The summed E-state index contributed by atoms with van der Waals surface area (Å²) in [5.41, 5.74) is 3.25. The molecule has 1 aromatic carbocycles. The highest BCUT2D eigenvalue weighted by Gasteiger charge is 2.15. The highest BCUT2D eigenvalue weighted by Crippen LogP contribution is 2.34. The van der Waals surface area contributed by atoms with Crippen molar-refractivity contribution in [3.8, 4) is 11.5 Å². The third-order valence-electron chi connectivity index (χ3n) is 3.29. The van der Waals surface area contributed by atoms with E-state index < -0.39 is 0 Å². The lowest BCUT2D eigenvalue weighted by Crippen LogP contribution is -2.07. The minimum absolute atomic E-state index is 0.159. The van der Waals surface area contributed by atoms with E-state index in [9.17, 15) is 0 Å². The molecule has 1 atom stereocenters. The van der Waals surface area contributed by atoms with Gasteiger partial charge in [-0.1, -0.05) is 6.07 Å². The number of aromatic nitrogens is 1. The van der Waals surface area contributed by atoms with Crippen LogP contribution in [0.3, 0.4) is 0 Å². The molecule has 20 heavy (non-hydrogen) atoms. The van der Waals surface area contributed by atoms with Crippen LogP contribution in [0.25, 0.3) is 0 Å². The van der Waals surface area contributed by atoms with Crippen LogP contribution in [0.15, 0.2) is 35.1 Å². The smallest absolute Gasteiger partial charge is 0.231 e. The zero-order valence-electron chi connectivity index (χ0n) is 11.3. The summed E-state index contributed by atoms with van der Waals surface area (Å²) in [6, 6.07) is 8.23. The predicted octanol–water partition coefficient (Wildman–Crippen LogP) is 4.05. The van der Waals surface area contributed by atoms with E-state index in [0.717, 1.165) is 32.9 Å². The number of nitrogens with one attached hydrogen (secondary N) is 1. The highest BCUT2D eigenvalue weighted by molar-refractivity contribution is 9.10. The van der Waals surface area contributed by atoms with Gasteiger partial charge in [-0.2, -0.15) is 0 Å². The molecule has 5 heteroatoms. The minimum atomic E-state index is 0.159. The van der Waals surface area contributed by atoms with Gasteiger partial charge in [0.05, 0.1) is 11.9 Å². The summed E-state index contributed by atoms with van der Waals surface area (Å²) < 4.78 is 11.6. The Morgan fingerprint density at radius 3 is 2.85 bits per heavy atom. The SMILES string of the molecule is Cc1cc(NC(C)c2ccc3c(c2)OCO3)cnc1Br. The van der Waals surface area contributed by atoms with Crippen LogP contribution < -0.4 is 14.8 Å². The number of fused-ring (bicyclic) bond motifs is 1. The average Bonchev–Trinajstić information content (AvgIpc) is 2.90. The number of ether oxygens (including phenoxy) is 2. The molecule has 1 aliphatic heterocycles. The van der Waals surface area contributed by atoms with Crippen LogP contribution in [0, 0.1) is 6.92 Å². The third-order valence-corrected chi connectivity index (χ3v) is 4.12. The van der Waals surface area contributed by atoms with Gasteiger partial charge in [-0.25, -0.2) is 4.98 Å². The number of nitrogens with zero attached hydrogens (tertiary/aromatic N) is 1. The summed E-state index contributed by atoms with van der Waals surface area (Å²) in [6.45, 7) is 4.43. The first-order chi connectivity index (χ1) is 9.63. The molecule has 1 aromatic heterocycles. The van der Waals surface area contributed by atoms with E-state index in [1.165, 1.54) is 0 Å². The van der Waals surface area contributed by atoms with Crippen LogP contribution >= 0.6 is 15.9 Å². The van der Waals surface area contributed by atoms with Crippen LogP contribution in [0.1, 0.15) is 24.1 Å². The largest absolute Gasteiger partial charge is 0.454 e. The van der Waals surface area contributed by atoms with E-state index in [2.05, 4.69) is 39.2 Å². The first-order valence-electron chi connectivity index (χ1n) is 6.42. The maximum Gasteiger partial charge on any atom is 0.231 e. The number of aryl methyl sites for hydroxylation is 1. The molecular formula is C15H15BrN2O2. The van der Waals surface area contributed by atoms with Crippen molar-refractivity contribution in [1.82, 2.24) is 4.98 Å². The number of pyridine rings is 1. The Labute approximate surface area is 126 Å². The molecule has 0 radical (unpaired) electrons. The first-order valence-corrected chi connectivity index (χ1v) is 7.21. The van der Waals surface area contributed by atoms with Crippen molar-refractivity contribution in [2.24, 2.45) is 0 Å². The molecule has 3 rings (SSSR count). The van der Waals surface area contributed by atoms with Gasteiger partial charge in [0.25, 0.3) is 0 Å². The fourth-order valence-electron chi connectivity index (χ4n) is 2.15. The van der Waals surface area contributed by atoms with E-state index in [-0.39, 0.29) is 6.04 Å². The third kappa shape index (κ3) is 2.58. The van der Waals surface area contributed by atoms with Crippen LogP contribution in [0.2, 0.25) is 0 Å². The number of rotatable bonds is 3. The molecule has 0 fully saturated rings. The Kier molecular flexibility index (Phi) is 3.53. The molecule has 104 valence electrons. The van der Waals surface area contributed by atoms with Crippen molar-refractivity contribution in [3.05, 3.63) is 46.2 Å². The van der Waals surface area contributed by atoms with Crippen molar-refractivity contribution in [2.75, 3.05) is 12.1 Å². The lowest BCUT2D eigenvalue weighted by molar-refractivity contribution is 0.174. The van der Waals surface area contributed by atoms with Crippen molar-refractivity contribution >= 4 is 21.6 Å². The fourth-order valence-corrected chi connectivity index (χ4v) is 2.37. The second-order valence-electron chi connectivity index (χ2n) is 4.81. The molecular weight excluding hydrogens is 320 g/mol. The van der Waals surface area contributed by atoms with Gasteiger partial charge in [0.2, 0.25) is 6.79 Å². The van der Waals surface area contributed by atoms with E-state index >= 15 is 0 Å². The van der Waals surface area contributed by atoms with Crippen molar-refractivity contribution in [2.45, 2.75) is 19.9 Å². The summed E-state index contributed by atoms with van der Waals surface area (Å²) >= 11 is 3.40. The van der Waals surface area contributed by atoms with E-state index in [1.807, 2.05) is 31.3 Å². The topological polar surface area (TPSA) is 43.4 Å². The standard InChI is InChI=1S/C15H15BrN2O2/c1-9-5-12(7-17-15(9)16)18-10(2)11-3-4-13-14(6-11)20-8-19-13/h3-7,10,18H,8H2,1-2H3. The maximum absolute atomic E-state index is 5.41. The minimum Gasteiger partial charge on any atom is -0.454 e. The maximum atomic E-state index is 5.41. The van der Waals surface area contributed by atoms with Gasteiger partial charge in [0, 0.05) is 6.04 Å². The first kappa shape index (κ1) is 13.2. The average molecular weight is 335 g/mol. The van der Waals surface area contributed by atoms with Crippen molar-refractivity contribution in [1.29, 1.82) is 0 Å². The zero-order valence-corrected chi connectivity index (χ0v) is 12.9. The Morgan fingerprint density at radius 1 is 1.25 bits per heavy atom. The Balaban J connectivity index is 1.78. The van der Waals surface area contributed by atoms with Crippen molar-refractivity contribution < 1.29 is 9.47 Å². The van der Waals surface area contributed by atoms with Crippen LogP contribution in [-0.4, -0.2) is 11.8 Å².